The van der Waals surface area contributed by atoms with E-state index >= 15 is 0 Å². The maximum atomic E-state index is 12.9. The molecule has 0 unspecified atom stereocenters. The summed E-state index contributed by atoms with van der Waals surface area (Å²) in [4.78, 5) is 12.9. The number of hydrogen-bond acceptors (Lipinski definition) is 1. The Morgan fingerprint density at radius 3 is 2.20 bits per heavy atom. The molecule has 1 nitrogen and oxygen atoms in total. The van der Waals surface area contributed by atoms with Crippen LogP contribution in [0.25, 0.3) is 0 Å². The molecule has 4 aliphatic rings. The van der Waals surface area contributed by atoms with Crippen LogP contribution in [0.15, 0.2) is 24.3 Å². The summed E-state index contributed by atoms with van der Waals surface area (Å²) < 4.78 is 0. The van der Waals surface area contributed by atoms with Gasteiger partial charge in [0.05, 0.1) is 0 Å². The van der Waals surface area contributed by atoms with E-state index in [0.717, 1.165) is 23.7 Å². The van der Waals surface area contributed by atoms with Gasteiger partial charge in [-0.3, -0.25) is 4.79 Å². The first kappa shape index (κ1) is 12.6. The highest BCUT2D eigenvalue weighted by atomic mass is 16.1. The lowest BCUT2D eigenvalue weighted by Crippen LogP contribution is -2.48. The molecule has 0 amide bonds. The van der Waals surface area contributed by atoms with Crippen LogP contribution < -0.4 is 0 Å². The number of ketones is 1. The smallest absolute Gasteiger partial charge is 0.140 e. The van der Waals surface area contributed by atoms with Crippen molar-refractivity contribution in [1.82, 2.24) is 0 Å². The van der Waals surface area contributed by atoms with E-state index in [1.54, 1.807) is 0 Å². The van der Waals surface area contributed by atoms with Crippen molar-refractivity contribution >= 4 is 5.78 Å². The molecule has 4 fully saturated rings. The second-order valence-electron chi connectivity index (χ2n) is 7.53. The molecule has 5 rings (SSSR count). The molecular weight excluding hydrogens is 244 g/mol. The Hall–Kier alpha value is -1.11. The lowest BCUT2D eigenvalue weighted by Gasteiger charge is -2.53. The first-order chi connectivity index (χ1) is 9.70. The Kier molecular flexibility index (Phi) is 2.98. The molecule has 0 heterocycles. The van der Waals surface area contributed by atoms with Crippen LogP contribution >= 0.6 is 0 Å². The lowest BCUT2D eigenvalue weighted by atomic mass is 9.51. The number of rotatable bonds is 3. The van der Waals surface area contributed by atoms with E-state index in [1.165, 1.54) is 43.2 Å². The number of aryl methyl sites for hydroxylation is 1. The average Bonchev–Trinajstić information content (AvgIpc) is 2.40. The van der Waals surface area contributed by atoms with Crippen molar-refractivity contribution in [3.05, 3.63) is 35.4 Å². The highest BCUT2D eigenvalue weighted by molar-refractivity contribution is 5.84. The van der Waals surface area contributed by atoms with Gasteiger partial charge in [0.15, 0.2) is 0 Å². The van der Waals surface area contributed by atoms with Gasteiger partial charge in [-0.25, -0.2) is 0 Å². The molecule has 1 aromatic carbocycles. The molecular formula is C19H24O. The van der Waals surface area contributed by atoms with Crippen LogP contribution in [0, 0.1) is 36.5 Å². The highest BCUT2D eigenvalue weighted by Gasteiger charge is 2.50. The first-order valence-corrected chi connectivity index (χ1v) is 8.28. The zero-order valence-electron chi connectivity index (χ0n) is 12.3. The zero-order chi connectivity index (χ0) is 13.7. The van der Waals surface area contributed by atoms with Crippen molar-refractivity contribution in [2.75, 3.05) is 0 Å². The van der Waals surface area contributed by atoms with Gasteiger partial charge in [0.25, 0.3) is 0 Å². The van der Waals surface area contributed by atoms with Crippen LogP contribution in [0.4, 0.5) is 0 Å². The van der Waals surface area contributed by atoms with Gasteiger partial charge in [-0.2, -0.15) is 0 Å². The van der Waals surface area contributed by atoms with Gasteiger partial charge in [0.2, 0.25) is 0 Å². The standard InChI is InChI=1S/C19H24O/c1-12-4-2-3-5-15(12)11-18(20)19-16-7-13-6-14(9-16)10-17(19)8-13/h2-5,13-14,16-17,19H,6-11H2,1H3. The Balaban J connectivity index is 1.53. The molecule has 0 radical (unpaired) electrons. The molecule has 0 aliphatic heterocycles. The maximum absolute atomic E-state index is 12.9. The van der Waals surface area contributed by atoms with Gasteiger partial charge in [0.1, 0.15) is 5.78 Å². The normalized spacial score (nSPS) is 38.1. The van der Waals surface area contributed by atoms with Crippen molar-refractivity contribution in [2.24, 2.45) is 29.6 Å². The third kappa shape index (κ3) is 2.03. The molecule has 0 aromatic heterocycles. The second kappa shape index (κ2) is 4.72. The van der Waals surface area contributed by atoms with Crippen LogP contribution in [-0.2, 0) is 11.2 Å². The van der Waals surface area contributed by atoms with Crippen LogP contribution in [0.3, 0.4) is 0 Å². The van der Waals surface area contributed by atoms with Crippen LogP contribution in [0.1, 0.15) is 43.2 Å². The Labute approximate surface area is 121 Å². The van der Waals surface area contributed by atoms with Crippen molar-refractivity contribution in [2.45, 2.75) is 45.4 Å². The van der Waals surface area contributed by atoms with Gasteiger partial charge >= 0.3 is 0 Å². The number of carbonyl (C=O) groups is 1. The summed E-state index contributed by atoms with van der Waals surface area (Å²) in [6, 6.07) is 8.38. The molecule has 1 heteroatoms. The molecule has 0 N–H and O–H groups in total. The number of hydrogen-bond donors (Lipinski definition) is 0. The Morgan fingerprint density at radius 1 is 1.00 bits per heavy atom. The maximum Gasteiger partial charge on any atom is 0.140 e. The van der Waals surface area contributed by atoms with Gasteiger partial charge < -0.3 is 0 Å². The summed E-state index contributed by atoms with van der Waals surface area (Å²) >= 11 is 0. The fraction of sp³-hybridized carbons (Fsp3) is 0.632. The van der Waals surface area contributed by atoms with E-state index in [9.17, 15) is 4.79 Å². The minimum Gasteiger partial charge on any atom is -0.299 e. The highest BCUT2D eigenvalue weighted by Crippen LogP contribution is 2.56. The number of benzene rings is 1. The predicted octanol–water partition coefficient (Wildman–Crippen LogP) is 4.18. The van der Waals surface area contributed by atoms with Gasteiger partial charge in [-0.1, -0.05) is 24.3 Å². The average molecular weight is 268 g/mol. The molecule has 0 atom stereocenters. The third-order valence-corrected chi connectivity index (χ3v) is 6.22. The lowest BCUT2D eigenvalue weighted by molar-refractivity contribution is -0.135. The van der Waals surface area contributed by atoms with Gasteiger partial charge in [-0.15, -0.1) is 0 Å². The summed E-state index contributed by atoms with van der Waals surface area (Å²) in [5.74, 6) is 4.29. The fourth-order valence-corrected chi connectivity index (χ4v) is 5.56. The van der Waals surface area contributed by atoms with E-state index in [0.29, 0.717) is 18.1 Å². The summed E-state index contributed by atoms with van der Waals surface area (Å²) in [7, 11) is 0. The number of carbonyl (C=O) groups excluding carboxylic acids is 1. The summed E-state index contributed by atoms with van der Waals surface area (Å²) in [6.07, 6.45) is 7.51. The monoisotopic (exact) mass is 268 g/mol. The summed E-state index contributed by atoms with van der Waals surface area (Å²) in [5.41, 5.74) is 2.51. The van der Waals surface area contributed by atoms with Gasteiger partial charge in [0, 0.05) is 12.3 Å². The van der Waals surface area contributed by atoms with Crippen LogP contribution in [0.2, 0.25) is 0 Å². The van der Waals surface area contributed by atoms with Crippen molar-refractivity contribution < 1.29 is 4.79 Å². The summed E-state index contributed by atoms with van der Waals surface area (Å²) in [6.45, 7) is 2.12. The van der Waals surface area contributed by atoms with Crippen molar-refractivity contribution in [3.8, 4) is 0 Å². The minimum absolute atomic E-state index is 0.391. The SMILES string of the molecule is Cc1ccccc1CC(=O)C1C2CC3CC(C2)CC1C3. The second-order valence-corrected chi connectivity index (χ2v) is 7.53. The molecule has 4 aliphatic carbocycles. The summed E-state index contributed by atoms with van der Waals surface area (Å²) in [5, 5.41) is 0. The van der Waals surface area contributed by atoms with Crippen molar-refractivity contribution in [3.63, 3.8) is 0 Å². The van der Waals surface area contributed by atoms with Crippen molar-refractivity contribution in [1.29, 1.82) is 0 Å². The van der Waals surface area contributed by atoms with E-state index in [1.807, 2.05) is 0 Å². The zero-order valence-corrected chi connectivity index (χ0v) is 12.3. The fourth-order valence-electron chi connectivity index (χ4n) is 5.56. The number of Topliss-reactive ketones (excluding diaryl/α,β-unsaturated/α-hetero) is 1. The van der Waals surface area contributed by atoms with E-state index in [4.69, 9.17) is 0 Å². The molecule has 4 saturated carbocycles. The third-order valence-electron chi connectivity index (χ3n) is 6.22. The quantitative estimate of drug-likeness (QED) is 0.803. The topological polar surface area (TPSA) is 17.1 Å². The van der Waals surface area contributed by atoms with E-state index in [2.05, 4.69) is 31.2 Å². The van der Waals surface area contributed by atoms with E-state index in [-0.39, 0.29) is 0 Å². The van der Waals surface area contributed by atoms with Gasteiger partial charge in [-0.05, 0) is 73.8 Å². The minimum atomic E-state index is 0.391. The van der Waals surface area contributed by atoms with E-state index < -0.39 is 0 Å². The molecule has 4 bridgehead atoms. The Morgan fingerprint density at radius 2 is 1.60 bits per heavy atom. The molecule has 20 heavy (non-hydrogen) atoms. The Bertz CT molecular complexity index is 502. The molecule has 0 spiro atoms. The molecule has 106 valence electrons. The first-order valence-electron chi connectivity index (χ1n) is 8.28. The molecule has 1 aromatic rings. The molecule has 0 saturated heterocycles. The van der Waals surface area contributed by atoms with Crippen LogP contribution in [0.5, 0.6) is 0 Å². The predicted molar refractivity (Wildman–Crippen MR) is 80.4 cm³/mol. The largest absolute Gasteiger partial charge is 0.299 e. The van der Waals surface area contributed by atoms with Crippen LogP contribution in [-0.4, -0.2) is 5.78 Å².